The second-order valence-electron chi connectivity index (χ2n) is 1.92. The van der Waals surface area contributed by atoms with Crippen molar-refractivity contribution in [2.75, 3.05) is 5.73 Å². The van der Waals surface area contributed by atoms with Crippen molar-refractivity contribution in [3.05, 3.63) is 17.3 Å². The maximum absolute atomic E-state index is 10.4. The predicted octanol–water partition coefficient (Wildman–Crippen LogP) is 0.709. The van der Waals surface area contributed by atoms with Crippen molar-refractivity contribution in [3.8, 4) is 0 Å². The van der Waals surface area contributed by atoms with Gasteiger partial charge < -0.3 is 15.9 Å². The maximum Gasteiger partial charge on any atom is 0.341 e. The molecule has 0 saturated heterocycles. The van der Waals surface area contributed by atoms with Crippen LogP contribution in [-0.2, 0) is 4.79 Å². The first-order valence-electron chi connectivity index (χ1n) is 2.94. The first kappa shape index (κ1) is 8.54. The van der Waals surface area contributed by atoms with Crippen LogP contribution in [0.4, 0.5) is 5.13 Å². The number of aromatic nitrogens is 1. The summed E-state index contributed by atoms with van der Waals surface area (Å²) >= 11 is 1.12. The van der Waals surface area contributed by atoms with Crippen LogP contribution in [0.5, 0.6) is 0 Å². The molecule has 12 heavy (non-hydrogen) atoms. The van der Waals surface area contributed by atoms with Crippen molar-refractivity contribution in [1.82, 2.24) is 4.98 Å². The van der Waals surface area contributed by atoms with E-state index in [9.17, 15) is 4.79 Å². The summed E-state index contributed by atoms with van der Waals surface area (Å²) in [5, 5.41) is 18.8. The van der Waals surface area contributed by atoms with Crippen molar-refractivity contribution in [2.45, 2.75) is 0 Å². The highest BCUT2D eigenvalue weighted by Crippen LogP contribution is 2.18. The monoisotopic (exact) mass is 186 g/mol. The fourth-order valence-electron chi connectivity index (χ4n) is 0.642. The van der Waals surface area contributed by atoms with Crippen LogP contribution in [0.2, 0.25) is 0 Å². The maximum atomic E-state index is 10.4. The molecule has 0 aliphatic carbocycles. The largest absolute Gasteiger partial charge is 0.515 e. The molecule has 0 aromatic carbocycles. The molecule has 6 heteroatoms. The van der Waals surface area contributed by atoms with Crippen molar-refractivity contribution in [3.63, 3.8) is 0 Å². The van der Waals surface area contributed by atoms with E-state index < -0.39 is 5.97 Å². The van der Waals surface area contributed by atoms with E-state index in [0.29, 0.717) is 6.26 Å². The molecule has 0 spiro atoms. The minimum atomic E-state index is -1.23. The zero-order valence-electron chi connectivity index (χ0n) is 5.89. The van der Waals surface area contributed by atoms with E-state index in [-0.39, 0.29) is 16.4 Å². The van der Waals surface area contributed by atoms with Crippen LogP contribution >= 0.6 is 11.3 Å². The summed E-state index contributed by atoms with van der Waals surface area (Å²) < 4.78 is 0. The first-order chi connectivity index (χ1) is 5.65. The smallest absolute Gasteiger partial charge is 0.341 e. The number of nitrogen functional groups attached to an aromatic ring is 1. The molecule has 0 aliphatic rings. The minimum Gasteiger partial charge on any atom is -0.515 e. The molecule has 0 bridgehead atoms. The van der Waals surface area contributed by atoms with E-state index in [1.807, 2.05) is 0 Å². The van der Waals surface area contributed by atoms with Crippen LogP contribution in [-0.4, -0.2) is 21.2 Å². The van der Waals surface area contributed by atoms with Gasteiger partial charge in [-0.15, -0.1) is 11.3 Å². The lowest BCUT2D eigenvalue weighted by Gasteiger charge is -1.92. The van der Waals surface area contributed by atoms with Gasteiger partial charge in [-0.05, 0) is 0 Å². The number of nitrogens with two attached hydrogens (primary N) is 1. The van der Waals surface area contributed by atoms with Gasteiger partial charge in [-0.3, -0.25) is 0 Å². The molecule has 1 aromatic heterocycles. The molecule has 0 saturated carbocycles. The molecule has 0 fully saturated rings. The number of thiazole rings is 1. The normalized spacial score (nSPS) is 11.5. The predicted molar refractivity (Wildman–Crippen MR) is 44.8 cm³/mol. The lowest BCUT2D eigenvalue weighted by Crippen LogP contribution is -2.00. The average Bonchev–Trinajstić information content (AvgIpc) is 2.37. The molecule has 1 heterocycles. The Hall–Kier alpha value is -1.56. The van der Waals surface area contributed by atoms with E-state index in [1.165, 1.54) is 5.38 Å². The Bertz CT molecular complexity index is 331. The van der Waals surface area contributed by atoms with E-state index in [1.54, 1.807) is 0 Å². The SMILES string of the molecule is Nc1nc(C(=CO)C(=O)O)cs1. The number of nitrogens with zero attached hydrogens (tertiary/aromatic N) is 1. The summed E-state index contributed by atoms with van der Waals surface area (Å²) in [6, 6.07) is 0. The number of aliphatic hydroxyl groups excluding tert-OH is 1. The van der Waals surface area contributed by atoms with Crippen molar-refractivity contribution in [2.24, 2.45) is 0 Å². The van der Waals surface area contributed by atoms with E-state index in [4.69, 9.17) is 15.9 Å². The van der Waals surface area contributed by atoms with E-state index in [2.05, 4.69) is 4.98 Å². The van der Waals surface area contributed by atoms with Gasteiger partial charge in [0.25, 0.3) is 0 Å². The lowest BCUT2D eigenvalue weighted by atomic mass is 10.2. The molecule has 1 rings (SSSR count). The number of carboxylic acid groups (broad SMARTS) is 1. The highest BCUT2D eigenvalue weighted by Gasteiger charge is 2.13. The highest BCUT2D eigenvalue weighted by molar-refractivity contribution is 7.13. The molecule has 5 nitrogen and oxygen atoms in total. The van der Waals surface area contributed by atoms with E-state index in [0.717, 1.165) is 11.3 Å². The summed E-state index contributed by atoms with van der Waals surface area (Å²) in [4.78, 5) is 14.1. The zero-order valence-corrected chi connectivity index (χ0v) is 6.71. The first-order valence-corrected chi connectivity index (χ1v) is 3.82. The molecular formula is C6H6N2O3S. The number of anilines is 1. The molecule has 0 aliphatic heterocycles. The number of rotatable bonds is 2. The van der Waals surface area contributed by atoms with Crippen LogP contribution < -0.4 is 5.73 Å². The summed E-state index contributed by atoms with van der Waals surface area (Å²) in [5.41, 5.74) is 5.19. The summed E-state index contributed by atoms with van der Waals surface area (Å²) in [5.74, 6) is -1.23. The van der Waals surface area contributed by atoms with Gasteiger partial charge in [0.15, 0.2) is 5.13 Å². The number of carboxylic acids is 1. The molecule has 4 N–H and O–H groups in total. The molecule has 0 amide bonds. The summed E-state index contributed by atoms with van der Waals surface area (Å²) in [7, 11) is 0. The third-order valence-electron chi connectivity index (χ3n) is 1.16. The second-order valence-corrected chi connectivity index (χ2v) is 2.81. The van der Waals surface area contributed by atoms with Crippen molar-refractivity contribution < 1.29 is 15.0 Å². The molecule has 1 aromatic rings. The third kappa shape index (κ3) is 1.54. The van der Waals surface area contributed by atoms with Gasteiger partial charge in [-0.25, -0.2) is 9.78 Å². The fourth-order valence-corrected chi connectivity index (χ4v) is 1.21. The van der Waals surface area contributed by atoms with E-state index >= 15 is 0 Å². The zero-order chi connectivity index (χ0) is 9.14. The third-order valence-corrected chi connectivity index (χ3v) is 1.83. The van der Waals surface area contributed by atoms with Gasteiger partial charge in [-0.1, -0.05) is 0 Å². The highest BCUT2D eigenvalue weighted by atomic mass is 32.1. The molecule has 64 valence electrons. The Labute approximate surface area is 71.8 Å². The molecule has 0 atom stereocenters. The number of hydrogen-bond acceptors (Lipinski definition) is 5. The van der Waals surface area contributed by atoms with Crippen LogP contribution in [0.15, 0.2) is 11.6 Å². The topological polar surface area (TPSA) is 96.4 Å². The second kappa shape index (κ2) is 3.22. The number of carbonyl (C=O) groups is 1. The lowest BCUT2D eigenvalue weighted by molar-refractivity contribution is -0.130. The standard InChI is InChI=1S/C6H6N2O3S/c7-6-8-4(2-12-6)3(1-9)5(10)11/h1-2,9H,(H2,7,8)(H,10,11). The van der Waals surface area contributed by atoms with Crippen molar-refractivity contribution in [1.29, 1.82) is 0 Å². The Kier molecular flexibility index (Phi) is 2.29. The van der Waals surface area contributed by atoms with Gasteiger partial charge in [0.1, 0.15) is 5.57 Å². The number of aliphatic carboxylic acids is 1. The minimum absolute atomic E-state index is 0.174. The Morgan fingerprint density at radius 1 is 1.75 bits per heavy atom. The van der Waals surface area contributed by atoms with Gasteiger partial charge >= 0.3 is 5.97 Å². The van der Waals surface area contributed by atoms with Crippen molar-refractivity contribution >= 4 is 28.0 Å². The Morgan fingerprint density at radius 2 is 2.42 bits per heavy atom. The summed E-state index contributed by atoms with van der Waals surface area (Å²) in [6.45, 7) is 0. The van der Waals surface area contributed by atoms with Gasteiger partial charge in [-0.2, -0.15) is 0 Å². The number of aliphatic hydroxyl groups is 1. The van der Waals surface area contributed by atoms with Crippen LogP contribution in [0.1, 0.15) is 5.69 Å². The summed E-state index contributed by atoms with van der Waals surface area (Å²) in [6.07, 6.45) is 0.497. The molecule has 0 radical (unpaired) electrons. The van der Waals surface area contributed by atoms with Crippen LogP contribution in [0.25, 0.3) is 5.57 Å². The number of hydrogen-bond donors (Lipinski definition) is 3. The van der Waals surface area contributed by atoms with Crippen LogP contribution in [0.3, 0.4) is 0 Å². The van der Waals surface area contributed by atoms with Crippen LogP contribution in [0, 0.1) is 0 Å². The quantitative estimate of drug-likeness (QED) is 0.467. The fraction of sp³-hybridized carbons (Fsp3) is 0. The Balaban J connectivity index is 3.04. The van der Waals surface area contributed by atoms with Gasteiger partial charge in [0.05, 0.1) is 12.0 Å². The average molecular weight is 186 g/mol. The molecular weight excluding hydrogens is 180 g/mol. The van der Waals surface area contributed by atoms with Gasteiger partial charge in [0, 0.05) is 5.38 Å². The Morgan fingerprint density at radius 3 is 2.75 bits per heavy atom. The van der Waals surface area contributed by atoms with Gasteiger partial charge in [0.2, 0.25) is 0 Å². The molecule has 0 unspecified atom stereocenters.